The lowest BCUT2D eigenvalue weighted by atomic mass is 10.2. The predicted octanol–water partition coefficient (Wildman–Crippen LogP) is 6.19. The quantitative estimate of drug-likeness (QED) is 0.296. The lowest BCUT2D eigenvalue weighted by Crippen LogP contribution is -2.27. The van der Waals surface area contributed by atoms with Crippen LogP contribution in [0.15, 0.2) is 89.8 Å². The van der Waals surface area contributed by atoms with Gasteiger partial charge in [-0.2, -0.15) is 0 Å². The average molecular weight is 462 g/mol. The number of nitrogens with zero attached hydrogens (tertiary/aromatic N) is 1. The van der Waals surface area contributed by atoms with Crippen LogP contribution in [0.25, 0.3) is 6.08 Å². The number of thioether (sulfide) groups is 1. The van der Waals surface area contributed by atoms with E-state index in [0.29, 0.717) is 22.4 Å². The molecule has 1 fully saturated rings. The fourth-order valence-electron chi connectivity index (χ4n) is 3.12. The Kier molecular flexibility index (Phi) is 7.24. The molecule has 1 aliphatic rings. The lowest BCUT2D eigenvalue weighted by molar-refractivity contribution is -0.113. The Bertz CT molecular complexity index is 1100. The highest BCUT2D eigenvalue weighted by molar-refractivity contribution is 8.27. The van der Waals surface area contributed by atoms with E-state index in [1.807, 2.05) is 91.0 Å². The van der Waals surface area contributed by atoms with Crippen molar-refractivity contribution >= 4 is 46.0 Å². The summed E-state index contributed by atoms with van der Waals surface area (Å²) in [7, 11) is 0. The van der Waals surface area contributed by atoms with Crippen molar-refractivity contribution in [2.45, 2.75) is 6.92 Å². The summed E-state index contributed by atoms with van der Waals surface area (Å²) in [5.74, 6) is 1.79. The predicted molar refractivity (Wildman–Crippen MR) is 135 cm³/mol. The van der Waals surface area contributed by atoms with Crippen LogP contribution >= 0.6 is 24.0 Å². The molecule has 1 heterocycles. The Labute approximate surface area is 197 Å². The number of ether oxygens (including phenoxy) is 2. The lowest BCUT2D eigenvalue weighted by Gasteiger charge is -2.14. The van der Waals surface area contributed by atoms with E-state index in [1.54, 1.807) is 4.90 Å². The number of rotatable bonds is 8. The molecule has 1 aliphatic heterocycles. The van der Waals surface area contributed by atoms with Crippen LogP contribution < -0.4 is 14.4 Å². The molecule has 1 unspecified atom stereocenters. The van der Waals surface area contributed by atoms with Crippen molar-refractivity contribution in [3.8, 4) is 11.5 Å². The topological polar surface area (TPSA) is 38.8 Å². The van der Waals surface area contributed by atoms with E-state index in [-0.39, 0.29) is 11.8 Å². The van der Waals surface area contributed by atoms with E-state index < -0.39 is 0 Å². The molecule has 32 heavy (non-hydrogen) atoms. The monoisotopic (exact) mass is 461 g/mol. The number of hydrogen-bond acceptors (Lipinski definition) is 5. The first-order chi connectivity index (χ1) is 15.6. The molecule has 0 saturated carbocycles. The van der Waals surface area contributed by atoms with Crippen molar-refractivity contribution in [3.05, 3.63) is 95.4 Å². The van der Waals surface area contributed by atoms with Gasteiger partial charge in [0, 0.05) is 5.92 Å². The van der Waals surface area contributed by atoms with Crippen LogP contribution in [0.1, 0.15) is 12.5 Å². The number of carbonyl (C=O) groups excluding carboxylic acids is 1. The van der Waals surface area contributed by atoms with Crippen molar-refractivity contribution in [1.82, 2.24) is 0 Å². The van der Waals surface area contributed by atoms with Gasteiger partial charge in [0.1, 0.15) is 11.5 Å². The number of carbonyl (C=O) groups is 1. The largest absolute Gasteiger partial charge is 0.493 e. The van der Waals surface area contributed by atoms with Gasteiger partial charge in [0.2, 0.25) is 0 Å². The molecular formula is C26H23NO3S2. The SMILES string of the molecule is CC(COc1ccccc1)COc1ccc(/C=C2\SC(=S)N(c3ccccc3)C2=O)cc1. The molecule has 162 valence electrons. The molecule has 0 aromatic heterocycles. The van der Waals surface area contributed by atoms with E-state index in [0.717, 1.165) is 22.7 Å². The molecule has 1 saturated heterocycles. The summed E-state index contributed by atoms with van der Waals surface area (Å²) in [6.07, 6.45) is 1.86. The first kappa shape index (κ1) is 22.1. The van der Waals surface area contributed by atoms with Gasteiger partial charge in [0.15, 0.2) is 4.32 Å². The fraction of sp³-hybridized carbons (Fsp3) is 0.154. The van der Waals surface area contributed by atoms with E-state index in [2.05, 4.69) is 6.92 Å². The first-order valence-electron chi connectivity index (χ1n) is 10.3. The molecule has 4 nitrogen and oxygen atoms in total. The van der Waals surface area contributed by atoms with Crippen LogP contribution in [0.4, 0.5) is 5.69 Å². The van der Waals surface area contributed by atoms with Gasteiger partial charge < -0.3 is 9.47 Å². The van der Waals surface area contributed by atoms with Gasteiger partial charge >= 0.3 is 0 Å². The summed E-state index contributed by atoms with van der Waals surface area (Å²) in [5, 5.41) is 0. The van der Waals surface area contributed by atoms with Crippen LogP contribution in [-0.2, 0) is 4.79 Å². The second kappa shape index (κ2) is 10.5. The molecule has 0 aliphatic carbocycles. The number of thiocarbonyl (C=S) groups is 1. The van der Waals surface area contributed by atoms with Gasteiger partial charge in [-0.25, -0.2) is 0 Å². The second-order valence-electron chi connectivity index (χ2n) is 7.46. The van der Waals surface area contributed by atoms with Gasteiger partial charge in [0.25, 0.3) is 5.91 Å². The molecule has 0 N–H and O–H groups in total. The van der Waals surface area contributed by atoms with Crippen molar-refractivity contribution < 1.29 is 14.3 Å². The van der Waals surface area contributed by atoms with Crippen molar-refractivity contribution in [1.29, 1.82) is 0 Å². The van der Waals surface area contributed by atoms with Gasteiger partial charge in [0.05, 0.1) is 23.8 Å². The maximum atomic E-state index is 12.8. The summed E-state index contributed by atoms with van der Waals surface area (Å²) in [6.45, 7) is 3.24. The van der Waals surface area contributed by atoms with Gasteiger partial charge in [-0.3, -0.25) is 9.69 Å². The summed E-state index contributed by atoms with van der Waals surface area (Å²) in [4.78, 5) is 15.0. The maximum absolute atomic E-state index is 12.8. The Morgan fingerprint density at radius 1 is 0.875 bits per heavy atom. The zero-order valence-corrected chi connectivity index (χ0v) is 19.3. The van der Waals surface area contributed by atoms with Crippen LogP contribution in [0.5, 0.6) is 11.5 Å². The molecule has 3 aromatic rings. The Balaban J connectivity index is 1.32. The summed E-state index contributed by atoms with van der Waals surface area (Å²) >= 11 is 6.74. The van der Waals surface area contributed by atoms with Gasteiger partial charge in [-0.1, -0.05) is 79.4 Å². The molecule has 1 amide bonds. The molecule has 1 atom stereocenters. The van der Waals surface area contributed by atoms with E-state index in [4.69, 9.17) is 21.7 Å². The van der Waals surface area contributed by atoms with E-state index >= 15 is 0 Å². The van der Waals surface area contributed by atoms with Crippen LogP contribution in [-0.4, -0.2) is 23.4 Å². The maximum Gasteiger partial charge on any atom is 0.270 e. The summed E-state index contributed by atoms with van der Waals surface area (Å²) < 4.78 is 12.2. The highest BCUT2D eigenvalue weighted by Crippen LogP contribution is 2.36. The highest BCUT2D eigenvalue weighted by Gasteiger charge is 2.33. The van der Waals surface area contributed by atoms with Crippen molar-refractivity contribution in [2.24, 2.45) is 5.92 Å². The zero-order valence-electron chi connectivity index (χ0n) is 17.6. The standard InChI is InChI=1S/C26H23NO3S2/c1-19(17-29-22-10-6-3-7-11-22)18-30-23-14-12-20(13-15-23)16-24-25(28)27(26(31)32-24)21-8-4-2-5-9-21/h2-16,19H,17-18H2,1H3/b24-16-. The Morgan fingerprint density at radius 3 is 2.06 bits per heavy atom. The summed E-state index contributed by atoms with van der Waals surface area (Å²) in [5.41, 5.74) is 1.71. The molecule has 0 bridgehead atoms. The third-order valence-electron chi connectivity index (χ3n) is 4.80. The molecule has 0 spiro atoms. The van der Waals surface area contributed by atoms with Gasteiger partial charge in [-0.15, -0.1) is 0 Å². The molecular weight excluding hydrogens is 438 g/mol. The third-order valence-corrected chi connectivity index (χ3v) is 6.10. The molecule has 4 rings (SSSR count). The Hall–Kier alpha value is -3.09. The Morgan fingerprint density at radius 2 is 1.44 bits per heavy atom. The van der Waals surface area contributed by atoms with E-state index in [9.17, 15) is 4.79 Å². The molecule has 0 radical (unpaired) electrons. The van der Waals surface area contributed by atoms with Crippen molar-refractivity contribution in [2.75, 3.05) is 18.1 Å². The smallest absolute Gasteiger partial charge is 0.270 e. The fourth-order valence-corrected chi connectivity index (χ4v) is 4.42. The molecule has 3 aromatic carbocycles. The highest BCUT2D eigenvalue weighted by atomic mass is 32.2. The van der Waals surface area contributed by atoms with E-state index in [1.165, 1.54) is 11.8 Å². The number of anilines is 1. The third kappa shape index (κ3) is 5.58. The number of hydrogen-bond donors (Lipinski definition) is 0. The first-order valence-corrected chi connectivity index (χ1v) is 11.6. The van der Waals surface area contributed by atoms with Crippen LogP contribution in [0.3, 0.4) is 0 Å². The second-order valence-corrected chi connectivity index (χ2v) is 9.14. The normalized spacial score (nSPS) is 15.8. The summed E-state index contributed by atoms with van der Waals surface area (Å²) in [6, 6.07) is 26.9. The average Bonchev–Trinajstić information content (AvgIpc) is 3.11. The number of benzene rings is 3. The van der Waals surface area contributed by atoms with Crippen LogP contribution in [0, 0.1) is 5.92 Å². The number of amides is 1. The molecule has 6 heteroatoms. The van der Waals surface area contributed by atoms with Crippen LogP contribution in [0.2, 0.25) is 0 Å². The van der Waals surface area contributed by atoms with Crippen molar-refractivity contribution in [3.63, 3.8) is 0 Å². The minimum absolute atomic E-state index is 0.0984. The number of para-hydroxylation sites is 2. The zero-order chi connectivity index (χ0) is 22.3. The minimum Gasteiger partial charge on any atom is -0.493 e. The van der Waals surface area contributed by atoms with Gasteiger partial charge in [-0.05, 0) is 48.0 Å². The minimum atomic E-state index is -0.0984.